The number of amides is 2. The number of nitrogens with one attached hydrogen (secondary N) is 2. The van der Waals surface area contributed by atoms with E-state index in [-0.39, 0.29) is 30.2 Å². The summed E-state index contributed by atoms with van der Waals surface area (Å²) in [6.07, 6.45) is 1.92. The predicted octanol–water partition coefficient (Wildman–Crippen LogP) is 4.48. The van der Waals surface area contributed by atoms with Crippen molar-refractivity contribution >= 4 is 11.8 Å². The van der Waals surface area contributed by atoms with E-state index in [9.17, 15) is 14.5 Å². The average molecular weight is 473 g/mol. The molecule has 7 heteroatoms. The number of carbonyl (C=O) groups is 2. The molecule has 1 aromatic rings. The molecule has 0 bridgehead atoms. The molecule has 2 amide bonds. The second-order valence-corrected chi connectivity index (χ2v) is 11.0. The van der Waals surface area contributed by atoms with E-state index < -0.39 is 22.9 Å². The molecule has 0 saturated carbocycles. The fraction of sp³-hybridized carbons (Fsp3) is 0.630. The SMILES string of the molecule is CN[C@H](C(=O)N[C@H](C(=O)N(C)C(=CC(C)CN=O)C(C)C)C(C)(C)C)C(C)(C)c1ccccc1. The minimum atomic E-state index is -0.742. The topological polar surface area (TPSA) is 90.9 Å². The third kappa shape index (κ3) is 7.49. The molecule has 0 aliphatic heterocycles. The lowest BCUT2D eigenvalue weighted by atomic mass is 9.76. The Morgan fingerprint density at radius 3 is 2.03 bits per heavy atom. The Morgan fingerprint density at radius 2 is 1.59 bits per heavy atom. The van der Waals surface area contributed by atoms with E-state index in [0.717, 1.165) is 11.3 Å². The molecule has 0 aromatic heterocycles. The van der Waals surface area contributed by atoms with Crippen molar-refractivity contribution in [3.8, 4) is 0 Å². The standard InChI is InChI=1S/C27H44N4O3/c1-18(2)21(16-19(3)17-29-34)31(10)25(33)23(26(4,5)6)30-24(32)22(28-9)27(7,8)20-14-12-11-13-15-20/h11-16,18-19,22-23,28H,17H2,1-10H3,(H,30,32)/t19?,22-,23-/m1/s1. The maximum atomic E-state index is 13.7. The summed E-state index contributed by atoms with van der Waals surface area (Å²) in [5.41, 5.74) is 0.814. The van der Waals surface area contributed by atoms with E-state index in [1.165, 1.54) is 0 Å². The lowest BCUT2D eigenvalue weighted by molar-refractivity contribution is -0.138. The van der Waals surface area contributed by atoms with Gasteiger partial charge in [-0.05, 0) is 29.9 Å². The van der Waals surface area contributed by atoms with Crippen molar-refractivity contribution in [2.75, 3.05) is 20.6 Å². The number of nitroso groups, excluding NO2 is 1. The molecular weight excluding hydrogens is 428 g/mol. The van der Waals surface area contributed by atoms with Crippen molar-refractivity contribution in [1.82, 2.24) is 15.5 Å². The highest BCUT2D eigenvalue weighted by Gasteiger charge is 2.41. The number of nitrogens with zero attached hydrogens (tertiary/aromatic N) is 2. The quantitative estimate of drug-likeness (QED) is 0.465. The maximum absolute atomic E-state index is 13.7. The normalized spacial score (nSPS) is 15.4. The Bertz CT molecular complexity index is 856. The zero-order valence-electron chi connectivity index (χ0n) is 22.6. The van der Waals surface area contributed by atoms with Crippen LogP contribution in [-0.4, -0.2) is 49.4 Å². The Balaban J connectivity index is 3.27. The van der Waals surface area contributed by atoms with Gasteiger partial charge in [0.2, 0.25) is 11.8 Å². The molecule has 2 N–H and O–H groups in total. The number of hydrogen-bond acceptors (Lipinski definition) is 5. The predicted molar refractivity (Wildman–Crippen MR) is 139 cm³/mol. The Labute approximate surface area is 205 Å². The van der Waals surface area contributed by atoms with Crippen LogP contribution in [0.2, 0.25) is 0 Å². The van der Waals surface area contributed by atoms with Gasteiger partial charge in [-0.1, -0.05) is 97.0 Å². The second kappa shape index (κ2) is 12.2. The number of rotatable bonds is 11. The summed E-state index contributed by atoms with van der Waals surface area (Å²) < 4.78 is 0. The summed E-state index contributed by atoms with van der Waals surface area (Å²) >= 11 is 0. The van der Waals surface area contributed by atoms with Crippen LogP contribution in [0.15, 0.2) is 47.3 Å². The average Bonchev–Trinajstić information content (AvgIpc) is 2.75. The van der Waals surface area contributed by atoms with Crippen LogP contribution < -0.4 is 10.6 Å². The van der Waals surface area contributed by atoms with Crippen LogP contribution in [0.25, 0.3) is 0 Å². The highest BCUT2D eigenvalue weighted by Crippen LogP contribution is 2.29. The molecule has 190 valence electrons. The summed E-state index contributed by atoms with van der Waals surface area (Å²) in [5.74, 6) is -0.458. The van der Waals surface area contributed by atoms with Crippen molar-refractivity contribution in [2.24, 2.45) is 22.4 Å². The van der Waals surface area contributed by atoms with E-state index >= 15 is 0 Å². The maximum Gasteiger partial charge on any atom is 0.249 e. The first-order chi connectivity index (χ1) is 15.7. The van der Waals surface area contributed by atoms with Crippen molar-refractivity contribution in [2.45, 2.75) is 72.9 Å². The zero-order valence-corrected chi connectivity index (χ0v) is 22.6. The number of carbonyl (C=O) groups excluding carboxylic acids is 2. The van der Waals surface area contributed by atoms with Crippen LogP contribution in [0.1, 0.15) is 61.0 Å². The number of hydrogen-bond donors (Lipinski definition) is 2. The van der Waals surface area contributed by atoms with E-state index in [0.29, 0.717) is 0 Å². The molecule has 1 aromatic carbocycles. The monoisotopic (exact) mass is 472 g/mol. The van der Waals surface area contributed by atoms with E-state index in [1.807, 2.05) is 91.8 Å². The van der Waals surface area contributed by atoms with Crippen LogP contribution >= 0.6 is 0 Å². The largest absolute Gasteiger partial charge is 0.342 e. The Morgan fingerprint density at radius 1 is 1.03 bits per heavy atom. The molecule has 0 spiro atoms. The highest BCUT2D eigenvalue weighted by molar-refractivity contribution is 5.91. The molecular formula is C27H44N4O3. The van der Waals surface area contributed by atoms with Gasteiger partial charge in [0, 0.05) is 18.2 Å². The van der Waals surface area contributed by atoms with Gasteiger partial charge in [-0.15, -0.1) is 0 Å². The molecule has 34 heavy (non-hydrogen) atoms. The Hall–Kier alpha value is -2.54. The molecule has 0 radical (unpaired) electrons. The minimum Gasteiger partial charge on any atom is -0.342 e. The molecule has 1 unspecified atom stereocenters. The van der Waals surface area contributed by atoms with Gasteiger partial charge < -0.3 is 15.5 Å². The molecule has 1 rings (SSSR count). The van der Waals surface area contributed by atoms with Crippen LogP contribution in [0, 0.1) is 22.2 Å². The fourth-order valence-corrected chi connectivity index (χ4v) is 4.20. The summed E-state index contributed by atoms with van der Waals surface area (Å²) in [5, 5.41) is 9.19. The summed E-state index contributed by atoms with van der Waals surface area (Å²) in [4.78, 5) is 39.5. The lowest BCUT2D eigenvalue weighted by Gasteiger charge is -2.39. The Kier molecular flexibility index (Phi) is 10.6. The highest BCUT2D eigenvalue weighted by atomic mass is 16.3. The molecule has 3 atom stereocenters. The zero-order chi connectivity index (χ0) is 26.3. The van der Waals surface area contributed by atoms with E-state index in [2.05, 4.69) is 15.8 Å². The van der Waals surface area contributed by atoms with E-state index in [1.54, 1.807) is 19.0 Å². The number of allylic oxidation sites excluding steroid dienone is 1. The smallest absolute Gasteiger partial charge is 0.249 e. The number of likely N-dealkylation sites (N-methyl/N-ethyl adjacent to an activating group) is 2. The lowest BCUT2D eigenvalue weighted by Crippen LogP contribution is -2.60. The van der Waals surface area contributed by atoms with Crippen molar-refractivity contribution in [1.29, 1.82) is 0 Å². The minimum absolute atomic E-state index is 0.0569. The van der Waals surface area contributed by atoms with Crippen LogP contribution in [0.3, 0.4) is 0 Å². The fourth-order valence-electron chi connectivity index (χ4n) is 4.20. The van der Waals surface area contributed by atoms with Crippen molar-refractivity contribution in [3.63, 3.8) is 0 Å². The van der Waals surface area contributed by atoms with Crippen molar-refractivity contribution < 1.29 is 9.59 Å². The van der Waals surface area contributed by atoms with E-state index in [4.69, 9.17) is 0 Å². The summed E-state index contributed by atoms with van der Waals surface area (Å²) in [6, 6.07) is 8.59. The molecule has 0 saturated heterocycles. The van der Waals surface area contributed by atoms with Gasteiger partial charge in [0.15, 0.2) is 0 Å². The van der Waals surface area contributed by atoms with Crippen molar-refractivity contribution in [3.05, 3.63) is 52.6 Å². The summed E-state index contributed by atoms with van der Waals surface area (Å²) in [7, 11) is 3.49. The molecule has 0 aliphatic carbocycles. The third-order valence-electron chi connectivity index (χ3n) is 6.32. The summed E-state index contributed by atoms with van der Waals surface area (Å²) in [6.45, 7) is 15.9. The van der Waals surface area contributed by atoms with Gasteiger partial charge in [-0.3, -0.25) is 9.59 Å². The first-order valence-electron chi connectivity index (χ1n) is 12.0. The van der Waals surface area contributed by atoms with Gasteiger partial charge in [0.25, 0.3) is 0 Å². The first kappa shape index (κ1) is 29.5. The molecule has 0 aliphatic rings. The third-order valence-corrected chi connectivity index (χ3v) is 6.32. The molecule has 7 nitrogen and oxygen atoms in total. The van der Waals surface area contributed by atoms with Gasteiger partial charge in [0.1, 0.15) is 6.04 Å². The van der Waals surface area contributed by atoms with Gasteiger partial charge in [-0.25, -0.2) is 0 Å². The van der Waals surface area contributed by atoms with Gasteiger partial charge >= 0.3 is 0 Å². The van der Waals surface area contributed by atoms with Crippen LogP contribution in [0.4, 0.5) is 0 Å². The first-order valence-corrected chi connectivity index (χ1v) is 12.0. The van der Waals surface area contributed by atoms with Crippen LogP contribution in [-0.2, 0) is 15.0 Å². The van der Waals surface area contributed by atoms with Gasteiger partial charge in [0.05, 0.1) is 12.6 Å². The number of benzene rings is 1. The van der Waals surface area contributed by atoms with Gasteiger partial charge in [-0.2, -0.15) is 4.91 Å². The van der Waals surface area contributed by atoms with Crippen LogP contribution in [0.5, 0.6) is 0 Å². The molecule has 0 heterocycles. The molecule has 0 fully saturated rings. The second-order valence-electron chi connectivity index (χ2n) is 11.0.